The first-order valence-electron chi connectivity index (χ1n) is 13.4. The lowest BCUT2D eigenvalue weighted by atomic mass is 9.80. The van der Waals surface area contributed by atoms with Crippen LogP contribution in [0.15, 0.2) is 54.9 Å². The van der Waals surface area contributed by atoms with Gasteiger partial charge in [0.15, 0.2) is 5.78 Å². The van der Waals surface area contributed by atoms with Crippen molar-refractivity contribution in [2.45, 2.75) is 83.3 Å². The predicted molar refractivity (Wildman–Crippen MR) is 139 cm³/mol. The van der Waals surface area contributed by atoms with E-state index in [-0.39, 0.29) is 11.9 Å². The third-order valence-corrected chi connectivity index (χ3v) is 8.03. The van der Waals surface area contributed by atoms with Gasteiger partial charge in [0, 0.05) is 17.5 Å². The van der Waals surface area contributed by atoms with Gasteiger partial charge in [-0.25, -0.2) is 0 Å². The summed E-state index contributed by atoms with van der Waals surface area (Å²) in [7, 11) is 0. The van der Waals surface area contributed by atoms with Gasteiger partial charge in [0.05, 0.1) is 29.8 Å². The molecule has 0 bridgehead atoms. The van der Waals surface area contributed by atoms with E-state index in [2.05, 4.69) is 23.2 Å². The Morgan fingerprint density at radius 3 is 2.75 bits per heavy atom. The van der Waals surface area contributed by atoms with Gasteiger partial charge in [-0.3, -0.25) is 4.79 Å². The first kappa shape index (κ1) is 24.7. The fourth-order valence-electron chi connectivity index (χ4n) is 6.14. The molecule has 1 aromatic heterocycles. The number of ether oxygens (including phenoxy) is 1. The summed E-state index contributed by atoms with van der Waals surface area (Å²) in [5.74, 6) is 2.12. The SMILES string of the molecule is CC1CCC(Oc2cccc3c2CCCC3(C)O)CC(CCC(=O)c2ccccc2-n2nccn2)C1. The molecule has 1 saturated carbocycles. The number of rotatable bonds is 7. The lowest BCUT2D eigenvalue weighted by Crippen LogP contribution is -2.28. The molecule has 1 fully saturated rings. The van der Waals surface area contributed by atoms with Gasteiger partial charge in [0.2, 0.25) is 0 Å². The Morgan fingerprint density at radius 2 is 1.92 bits per heavy atom. The van der Waals surface area contributed by atoms with Crippen molar-refractivity contribution in [3.05, 3.63) is 71.5 Å². The fourth-order valence-corrected chi connectivity index (χ4v) is 6.14. The van der Waals surface area contributed by atoms with Crippen molar-refractivity contribution >= 4 is 5.78 Å². The van der Waals surface area contributed by atoms with Crippen molar-refractivity contribution in [2.75, 3.05) is 0 Å². The first-order valence-corrected chi connectivity index (χ1v) is 13.4. The highest BCUT2D eigenvalue weighted by Crippen LogP contribution is 2.40. The second kappa shape index (κ2) is 10.6. The molecule has 6 nitrogen and oxygen atoms in total. The predicted octanol–water partition coefficient (Wildman–Crippen LogP) is 6.05. The summed E-state index contributed by atoms with van der Waals surface area (Å²) in [6.45, 7) is 4.23. The molecule has 2 aromatic carbocycles. The Hall–Kier alpha value is -2.99. The summed E-state index contributed by atoms with van der Waals surface area (Å²) in [5.41, 5.74) is 2.80. The van der Waals surface area contributed by atoms with E-state index < -0.39 is 5.60 Å². The molecule has 1 N–H and O–H groups in total. The van der Waals surface area contributed by atoms with E-state index in [1.165, 1.54) is 10.4 Å². The molecule has 0 radical (unpaired) electrons. The van der Waals surface area contributed by atoms with Crippen LogP contribution in [0.25, 0.3) is 5.69 Å². The number of nitrogens with zero attached hydrogens (tertiary/aromatic N) is 3. The second-order valence-corrected chi connectivity index (χ2v) is 11.0. The topological polar surface area (TPSA) is 77.2 Å². The largest absolute Gasteiger partial charge is 0.490 e. The van der Waals surface area contributed by atoms with E-state index in [1.54, 1.807) is 12.4 Å². The van der Waals surface area contributed by atoms with E-state index in [0.29, 0.717) is 23.8 Å². The van der Waals surface area contributed by atoms with E-state index in [9.17, 15) is 9.90 Å². The molecule has 3 aromatic rings. The van der Waals surface area contributed by atoms with Crippen molar-refractivity contribution in [3.8, 4) is 11.4 Å². The van der Waals surface area contributed by atoms with Crippen LogP contribution in [0.2, 0.25) is 0 Å². The van der Waals surface area contributed by atoms with Crippen LogP contribution in [-0.4, -0.2) is 32.0 Å². The summed E-state index contributed by atoms with van der Waals surface area (Å²) in [4.78, 5) is 14.8. The Kier molecular flexibility index (Phi) is 7.24. The number of benzene rings is 2. The highest BCUT2D eigenvalue weighted by molar-refractivity contribution is 5.99. The van der Waals surface area contributed by atoms with Crippen molar-refractivity contribution in [1.82, 2.24) is 15.0 Å². The second-order valence-electron chi connectivity index (χ2n) is 11.0. The number of fused-ring (bicyclic) bond motifs is 1. The monoisotopic (exact) mass is 487 g/mol. The molecule has 0 saturated heterocycles. The maximum atomic E-state index is 13.2. The highest BCUT2D eigenvalue weighted by Gasteiger charge is 2.32. The van der Waals surface area contributed by atoms with Crippen molar-refractivity contribution in [3.63, 3.8) is 0 Å². The van der Waals surface area contributed by atoms with Gasteiger partial charge in [-0.2, -0.15) is 15.0 Å². The normalized spacial score (nSPS) is 26.1. The van der Waals surface area contributed by atoms with Gasteiger partial charge in [0.1, 0.15) is 5.75 Å². The molecule has 1 heterocycles. The number of ketones is 1. The highest BCUT2D eigenvalue weighted by atomic mass is 16.5. The number of aromatic nitrogens is 3. The van der Waals surface area contributed by atoms with Gasteiger partial charge < -0.3 is 9.84 Å². The lowest BCUT2D eigenvalue weighted by molar-refractivity contribution is 0.0375. The van der Waals surface area contributed by atoms with Crippen LogP contribution in [0.4, 0.5) is 0 Å². The van der Waals surface area contributed by atoms with E-state index >= 15 is 0 Å². The van der Waals surface area contributed by atoms with Crippen molar-refractivity contribution < 1.29 is 14.6 Å². The van der Waals surface area contributed by atoms with Crippen LogP contribution in [-0.2, 0) is 12.0 Å². The molecule has 4 unspecified atom stereocenters. The zero-order valence-electron chi connectivity index (χ0n) is 21.4. The van der Waals surface area contributed by atoms with Crippen LogP contribution >= 0.6 is 0 Å². The molecule has 5 rings (SSSR count). The van der Waals surface area contributed by atoms with Gasteiger partial charge in [-0.05, 0) is 93.9 Å². The van der Waals surface area contributed by atoms with Gasteiger partial charge in [-0.1, -0.05) is 31.2 Å². The molecule has 190 valence electrons. The van der Waals surface area contributed by atoms with Crippen molar-refractivity contribution in [1.29, 1.82) is 0 Å². The van der Waals surface area contributed by atoms with Gasteiger partial charge in [0.25, 0.3) is 0 Å². The molecule has 6 heteroatoms. The smallest absolute Gasteiger partial charge is 0.165 e. The van der Waals surface area contributed by atoms with Gasteiger partial charge in [-0.15, -0.1) is 0 Å². The van der Waals surface area contributed by atoms with E-state index in [4.69, 9.17) is 4.74 Å². The molecule has 0 spiro atoms. The molecule has 0 amide bonds. The molecule has 0 aliphatic heterocycles. The van der Waals surface area contributed by atoms with Crippen LogP contribution in [0.1, 0.15) is 86.7 Å². The molecular formula is C30H37N3O3. The minimum absolute atomic E-state index is 0.133. The van der Waals surface area contributed by atoms with E-state index in [0.717, 1.165) is 68.4 Å². The van der Waals surface area contributed by atoms with Crippen LogP contribution < -0.4 is 4.74 Å². The minimum Gasteiger partial charge on any atom is -0.490 e. The Bertz CT molecular complexity index is 1190. The van der Waals surface area contributed by atoms with Crippen LogP contribution in [0.5, 0.6) is 5.75 Å². The Balaban J connectivity index is 1.27. The summed E-state index contributed by atoms with van der Waals surface area (Å²) in [6.07, 6.45) is 11.7. The maximum absolute atomic E-state index is 13.2. The standard InChI is InChI=1S/C30H37N3O3/c1-21-12-14-23(36-29-11-5-9-26-24(29)8-6-16-30(26,2)35)20-22(19-21)13-15-28(34)25-7-3-4-10-27(25)33-31-17-18-32-33/h3-5,7,9-11,17-18,21-23,35H,6,8,12-16,19-20H2,1-2H3. The number of Topliss-reactive ketones (excluding diaryl/α,β-unsaturated/α-hetero) is 1. The van der Waals surface area contributed by atoms with Crippen LogP contribution in [0.3, 0.4) is 0 Å². The first-order chi connectivity index (χ1) is 17.4. The van der Waals surface area contributed by atoms with Crippen LogP contribution in [0, 0.1) is 11.8 Å². The molecular weight excluding hydrogens is 450 g/mol. The number of carbonyl (C=O) groups excluding carboxylic acids is 1. The summed E-state index contributed by atoms with van der Waals surface area (Å²) in [6, 6.07) is 13.7. The average molecular weight is 488 g/mol. The minimum atomic E-state index is -0.782. The maximum Gasteiger partial charge on any atom is 0.165 e. The number of carbonyl (C=O) groups is 1. The lowest BCUT2D eigenvalue weighted by Gasteiger charge is -2.33. The average Bonchev–Trinajstić information content (AvgIpc) is 3.34. The molecule has 36 heavy (non-hydrogen) atoms. The van der Waals surface area contributed by atoms with Crippen molar-refractivity contribution in [2.24, 2.45) is 11.8 Å². The quantitative estimate of drug-likeness (QED) is 0.324. The number of aliphatic hydroxyl groups is 1. The zero-order chi connectivity index (χ0) is 25.1. The zero-order valence-corrected chi connectivity index (χ0v) is 21.4. The Labute approximate surface area is 213 Å². The molecule has 2 aliphatic rings. The number of para-hydroxylation sites is 1. The molecule has 2 aliphatic carbocycles. The summed E-state index contributed by atoms with van der Waals surface area (Å²) >= 11 is 0. The number of hydrogen-bond donors (Lipinski definition) is 1. The third kappa shape index (κ3) is 5.39. The molecule has 4 atom stereocenters. The third-order valence-electron chi connectivity index (χ3n) is 8.03. The Morgan fingerprint density at radius 1 is 1.11 bits per heavy atom. The van der Waals surface area contributed by atoms with Gasteiger partial charge >= 0.3 is 0 Å². The fraction of sp³-hybridized carbons (Fsp3) is 0.500. The summed E-state index contributed by atoms with van der Waals surface area (Å²) in [5, 5.41) is 19.3. The number of hydrogen-bond acceptors (Lipinski definition) is 5. The summed E-state index contributed by atoms with van der Waals surface area (Å²) < 4.78 is 6.65. The van der Waals surface area contributed by atoms with E-state index in [1.807, 2.05) is 43.3 Å².